The molecule has 1 N–H and O–H groups in total. The number of nitrogens with zero attached hydrogens (tertiary/aromatic N) is 2. The quantitative estimate of drug-likeness (QED) is 0.928. The number of hydrogen-bond donors (Lipinski definition) is 1. The van der Waals surface area contributed by atoms with Gasteiger partial charge in [-0.25, -0.2) is 4.79 Å². The van der Waals surface area contributed by atoms with Crippen LogP contribution in [-0.2, 0) is 4.84 Å². The van der Waals surface area contributed by atoms with Crippen molar-refractivity contribution in [2.45, 2.75) is 38.8 Å². The average molecular weight is 324 g/mol. The minimum atomic E-state index is -0.257. The summed E-state index contributed by atoms with van der Waals surface area (Å²) < 4.78 is 0. The van der Waals surface area contributed by atoms with E-state index in [1.54, 1.807) is 11.9 Å². The standard InChI is InChI=1S/C16H22ClN3O2/c1-16(2,3)18-15(21)20(4)10-13-9-14(19-22-13)11-5-7-12(17)8-6-11/h5-8,13H,9-10H2,1-4H3,(H,18,21). The van der Waals surface area contributed by atoms with Crippen LogP contribution in [0.15, 0.2) is 29.4 Å². The fraction of sp³-hybridized carbons (Fsp3) is 0.500. The van der Waals surface area contributed by atoms with Crippen LogP contribution in [0.3, 0.4) is 0 Å². The van der Waals surface area contributed by atoms with Gasteiger partial charge >= 0.3 is 6.03 Å². The largest absolute Gasteiger partial charge is 0.390 e. The van der Waals surface area contributed by atoms with Gasteiger partial charge in [0.1, 0.15) is 0 Å². The predicted octanol–water partition coefficient (Wildman–Crippen LogP) is 3.27. The molecule has 5 nitrogen and oxygen atoms in total. The highest BCUT2D eigenvalue weighted by molar-refractivity contribution is 6.30. The Kier molecular flexibility index (Phi) is 4.96. The lowest BCUT2D eigenvalue weighted by molar-refractivity contribution is 0.0649. The summed E-state index contributed by atoms with van der Waals surface area (Å²) >= 11 is 5.88. The van der Waals surface area contributed by atoms with Gasteiger partial charge in [0.05, 0.1) is 12.3 Å². The van der Waals surface area contributed by atoms with E-state index < -0.39 is 0 Å². The molecule has 0 saturated carbocycles. The molecular formula is C16H22ClN3O2. The zero-order valence-electron chi connectivity index (χ0n) is 13.4. The molecule has 0 spiro atoms. The number of likely N-dealkylation sites (N-methyl/N-ethyl adjacent to an activating group) is 1. The molecule has 0 aliphatic carbocycles. The SMILES string of the molecule is CN(CC1CC(c2ccc(Cl)cc2)=NO1)C(=O)NC(C)(C)C. The Morgan fingerprint density at radius 2 is 2.05 bits per heavy atom. The minimum Gasteiger partial charge on any atom is -0.390 e. The summed E-state index contributed by atoms with van der Waals surface area (Å²) in [6.07, 6.45) is 0.552. The summed E-state index contributed by atoms with van der Waals surface area (Å²) in [5, 5.41) is 7.73. The third-order valence-electron chi connectivity index (χ3n) is 3.22. The van der Waals surface area contributed by atoms with Gasteiger partial charge < -0.3 is 15.1 Å². The number of rotatable bonds is 3. The minimum absolute atomic E-state index is 0.115. The van der Waals surface area contributed by atoms with Crippen molar-refractivity contribution in [2.75, 3.05) is 13.6 Å². The molecule has 2 amide bonds. The number of nitrogens with one attached hydrogen (secondary N) is 1. The Morgan fingerprint density at radius 1 is 1.41 bits per heavy atom. The van der Waals surface area contributed by atoms with Crippen molar-refractivity contribution in [3.63, 3.8) is 0 Å². The van der Waals surface area contributed by atoms with Crippen molar-refractivity contribution in [1.82, 2.24) is 10.2 Å². The van der Waals surface area contributed by atoms with Crippen molar-refractivity contribution in [3.05, 3.63) is 34.9 Å². The van der Waals surface area contributed by atoms with Crippen LogP contribution in [0.5, 0.6) is 0 Å². The van der Waals surface area contributed by atoms with Crippen molar-refractivity contribution in [2.24, 2.45) is 5.16 Å². The Hall–Kier alpha value is -1.75. The fourth-order valence-electron chi connectivity index (χ4n) is 2.14. The molecule has 1 aromatic carbocycles. The number of urea groups is 1. The summed E-state index contributed by atoms with van der Waals surface area (Å²) in [4.78, 5) is 19.1. The maximum Gasteiger partial charge on any atom is 0.317 e. The molecule has 0 radical (unpaired) electrons. The number of oxime groups is 1. The lowest BCUT2D eigenvalue weighted by Crippen LogP contribution is -2.48. The van der Waals surface area contributed by atoms with E-state index in [1.807, 2.05) is 45.0 Å². The normalized spacial score (nSPS) is 17.7. The summed E-state index contributed by atoms with van der Waals surface area (Å²) in [5.74, 6) is 0. The molecule has 6 heteroatoms. The van der Waals surface area contributed by atoms with Gasteiger partial charge in [-0.3, -0.25) is 0 Å². The summed E-state index contributed by atoms with van der Waals surface area (Å²) in [7, 11) is 1.75. The maximum absolute atomic E-state index is 12.0. The van der Waals surface area contributed by atoms with Gasteiger partial charge in [-0.15, -0.1) is 0 Å². The summed E-state index contributed by atoms with van der Waals surface area (Å²) in [6, 6.07) is 7.38. The van der Waals surface area contributed by atoms with E-state index in [2.05, 4.69) is 10.5 Å². The van der Waals surface area contributed by atoms with Crippen molar-refractivity contribution in [3.8, 4) is 0 Å². The molecule has 0 bridgehead atoms. The van der Waals surface area contributed by atoms with Gasteiger partial charge in [0, 0.05) is 24.0 Å². The second kappa shape index (κ2) is 6.57. The van der Waals surface area contributed by atoms with Crippen molar-refractivity contribution < 1.29 is 9.63 Å². The number of hydrogen-bond acceptors (Lipinski definition) is 3. The molecule has 1 aliphatic heterocycles. The van der Waals surface area contributed by atoms with Gasteiger partial charge in [0.2, 0.25) is 0 Å². The van der Waals surface area contributed by atoms with E-state index in [0.29, 0.717) is 18.0 Å². The lowest BCUT2D eigenvalue weighted by Gasteiger charge is -2.26. The first-order valence-corrected chi connectivity index (χ1v) is 7.64. The topological polar surface area (TPSA) is 53.9 Å². The Bertz CT molecular complexity index is 564. The van der Waals surface area contributed by atoms with E-state index in [9.17, 15) is 4.79 Å². The van der Waals surface area contributed by atoms with Crippen LogP contribution < -0.4 is 5.32 Å². The third kappa shape index (κ3) is 4.63. The van der Waals surface area contributed by atoms with Crippen LogP contribution in [0.25, 0.3) is 0 Å². The zero-order valence-corrected chi connectivity index (χ0v) is 14.1. The first-order chi connectivity index (χ1) is 10.2. The first kappa shape index (κ1) is 16.6. The molecule has 2 rings (SSSR count). The van der Waals surface area contributed by atoms with Gasteiger partial charge in [-0.05, 0) is 38.5 Å². The van der Waals surface area contributed by atoms with Crippen molar-refractivity contribution >= 4 is 23.3 Å². The molecule has 22 heavy (non-hydrogen) atoms. The molecular weight excluding hydrogens is 302 g/mol. The van der Waals surface area contributed by atoms with Gasteiger partial charge in [-0.1, -0.05) is 28.9 Å². The highest BCUT2D eigenvalue weighted by Crippen LogP contribution is 2.19. The Balaban J connectivity index is 1.87. The van der Waals surface area contributed by atoms with E-state index in [0.717, 1.165) is 11.3 Å². The van der Waals surface area contributed by atoms with Crippen LogP contribution in [0.4, 0.5) is 4.79 Å². The van der Waals surface area contributed by atoms with E-state index in [4.69, 9.17) is 16.4 Å². The molecule has 1 heterocycles. The van der Waals surface area contributed by atoms with E-state index in [1.165, 1.54) is 0 Å². The predicted molar refractivity (Wildman–Crippen MR) is 88.4 cm³/mol. The monoisotopic (exact) mass is 323 g/mol. The molecule has 0 saturated heterocycles. The second-order valence-electron chi connectivity index (χ2n) is 6.54. The first-order valence-electron chi connectivity index (χ1n) is 7.26. The Labute approximate surface area is 136 Å². The zero-order chi connectivity index (χ0) is 16.3. The van der Waals surface area contributed by atoms with Crippen LogP contribution >= 0.6 is 11.6 Å². The third-order valence-corrected chi connectivity index (χ3v) is 3.47. The van der Waals surface area contributed by atoms with E-state index in [-0.39, 0.29) is 17.7 Å². The average Bonchev–Trinajstić information content (AvgIpc) is 2.86. The number of benzene rings is 1. The van der Waals surface area contributed by atoms with Gasteiger partial charge in [0.15, 0.2) is 6.10 Å². The molecule has 1 aliphatic rings. The number of carbonyl (C=O) groups excluding carboxylic acids is 1. The van der Waals surface area contributed by atoms with Crippen LogP contribution in [0.2, 0.25) is 5.02 Å². The van der Waals surface area contributed by atoms with Crippen LogP contribution in [0.1, 0.15) is 32.8 Å². The number of halogens is 1. The van der Waals surface area contributed by atoms with E-state index >= 15 is 0 Å². The molecule has 0 fully saturated rings. The highest BCUT2D eigenvalue weighted by atomic mass is 35.5. The second-order valence-corrected chi connectivity index (χ2v) is 6.97. The molecule has 1 atom stereocenters. The smallest absolute Gasteiger partial charge is 0.317 e. The summed E-state index contributed by atoms with van der Waals surface area (Å²) in [5.41, 5.74) is 1.62. The molecule has 120 valence electrons. The van der Waals surface area contributed by atoms with Crippen LogP contribution in [-0.4, -0.2) is 41.9 Å². The van der Waals surface area contributed by atoms with Crippen molar-refractivity contribution in [1.29, 1.82) is 0 Å². The lowest BCUT2D eigenvalue weighted by atomic mass is 10.0. The van der Waals surface area contributed by atoms with Crippen LogP contribution in [0, 0.1) is 0 Å². The maximum atomic E-state index is 12.0. The number of amides is 2. The molecule has 1 unspecified atom stereocenters. The molecule has 1 aromatic rings. The number of carbonyl (C=O) groups is 1. The fourth-order valence-corrected chi connectivity index (χ4v) is 2.27. The molecule has 0 aromatic heterocycles. The van der Waals surface area contributed by atoms with Gasteiger partial charge in [0.25, 0.3) is 0 Å². The highest BCUT2D eigenvalue weighted by Gasteiger charge is 2.26. The summed E-state index contributed by atoms with van der Waals surface area (Å²) in [6.45, 7) is 6.34. The Morgan fingerprint density at radius 3 is 2.64 bits per heavy atom. The van der Waals surface area contributed by atoms with Gasteiger partial charge in [-0.2, -0.15) is 0 Å².